The van der Waals surface area contributed by atoms with Crippen LogP contribution >= 0.6 is 0 Å². The van der Waals surface area contributed by atoms with Crippen molar-refractivity contribution < 1.29 is 24.2 Å². The van der Waals surface area contributed by atoms with Crippen LogP contribution in [0.1, 0.15) is 13.3 Å². The van der Waals surface area contributed by atoms with Gasteiger partial charge >= 0.3 is 5.97 Å². The van der Waals surface area contributed by atoms with Crippen molar-refractivity contribution in [1.82, 2.24) is 0 Å². The molecule has 0 bridgehead atoms. The molecule has 0 aliphatic rings. The van der Waals surface area contributed by atoms with E-state index in [0.717, 1.165) is 6.92 Å². The van der Waals surface area contributed by atoms with Crippen LogP contribution in [-0.2, 0) is 19.1 Å². The Morgan fingerprint density at radius 2 is 1.91 bits per heavy atom. The number of carbonyl (C=O) groups excluding carboxylic acids is 3. The number of carboxylic acids is 1. The fraction of sp³-hybridized carbons (Fsp3) is 0.500. The lowest BCUT2D eigenvalue weighted by Gasteiger charge is -2.00. The van der Waals surface area contributed by atoms with E-state index >= 15 is 0 Å². The number of esters is 1. The number of hydrogen-bond acceptors (Lipinski definition) is 5. The van der Waals surface area contributed by atoms with Gasteiger partial charge in [-0.15, -0.1) is 0 Å². The molecule has 0 amide bonds. The van der Waals surface area contributed by atoms with Crippen molar-refractivity contribution in [2.45, 2.75) is 13.3 Å². The molecule has 5 heteroatoms. The van der Waals surface area contributed by atoms with Gasteiger partial charge in [0.25, 0.3) is 0 Å². The van der Waals surface area contributed by atoms with Crippen LogP contribution in [-0.4, -0.2) is 24.3 Å². The zero-order valence-electron chi connectivity index (χ0n) is 5.96. The summed E-state index contributed by atoms with van der Waals surface area (Å²) in [7, 11) is 0. The molecular weight excluding hydrogens is 152 g/mol. The van der Waals surface area contributed by atoms with Crippen molar-refractivity contribution in [2.75, 3.05) is 6.61 Å². The van der Waals surface area contributed by atoms with Gasteiger partial charge in [0.2, 0.25) is 0 Å². The van der Waals surface area contributed by atoms with Crippen molar-refractivity contribution in [3.05, 3.63) is 0 Å². The Balaban J connectivity index is 3.53. The zero-order chi connectivity index (χ0) is 8.85. The molecule has 0 fully saturated rings. The standard InChI is InChI=1S/C6H8O5/c1-4(7)11-3-5(8)2-6(9)10/h2-3H2,1H3,(H,9,10)/p-1. The fourth-order valence-electron chi connectivity index (χ4n) is 0.394. The average molecular weight is 159 g/mol. The molecule has 62 valence electrons. The highest BCUT2D eigenvalue weighted by Gasteiger charge is 2.03. The molecule has 0 aliphatic carbocycles. The Labute approximate surface area is 63.0 Å². The summed E-state index contributed by atoms with van der Waals surface area (Å²) in [5, 5.41) is 9.78. The second-order valence-electron chi connectivity index (χ2n) is 1.87. The van der Waals surface area contributed by atoms with E-state index in [-0.39, 0.29) is 0 Å². The molecule has 0 rings (SSSR count). The molecular formula is C6H7O5-. The fourth-order valence-corrected chi connectivity index (χ4v) is 0.394. The van der Waals surface area contributed by atoms with Crippen LogP contribution in [0.15, 0.2) is 0 Å². The number of rotatable bonds is 4. The van der Waals surface area contributed by atoms with Gasteiger partial charge in [-0.1, -0.05) is 0 Å². The second-order valence-corrected chi connectivity index (χ2v) is 1.87. The quantitative estimate of drug-likeness (QED) is 0.359. The lowest BCUT2D eigenvalue weighted by molar-refractivity contribution is -0.304. The van der Waals surface area contributed by atoms with Crippen molar-refractivity contribution in [3.63, 3.8) is 0 Å². The monoisotopic (exact) mass is 159 g/mol. The summed E-state index contributed by atoms with van der Waals surface area (Å²) in [5.41, 5.74) is 0. The maximum atomic E-state index is 10.5. The van der Waals surface area contributed by atoms with Gasteiger partial charge in [0, 0.05) is 19.3 Å². The predicted octanol–water partition coefficient (Wildman–Crippen LogP) is -1.74. The van der Waals surface area contributed by atoms with E-state index in [4.69, 9.17) is 0 Å². The first-order valence-corrected chi connectivity index (χ1v) is 2.87. The van der Waals surface area contributed by atoms with Crippen LogP contribution in [0.4, 0.5) is 0 Å². The molecule has 5 nitrogen and oxygen atoms in total. The van der Waals surface area contributed by atoms with Crippen molar-refractivity contribution in [3.8, 4) is 0 Å². The van der Waals surface area contributed by atoms with Gasteiger partial charge in [-0.3, -0.25) is 9.59 Å². The molecule has 0 heterocycles. The Morgan fingerprint density at radius 3 is 2.27 bits per heavy atom. The van der Waals surface area contributed by atoms with E-state index in [1.807, 2.05) is 0 Å². The molecule has 0 aliphatic heterocycles. The molecule has 0 radical (unpaired) electrons. The molecule has 0 aromatic rings. The van der Waals surface area contributed by atoms with Gasteiger partial charge in [-0.2, -0.15) is 0 Å². The van der Waals surface area contributed by atoms with E-state index in [9.17, 15) is 19.5 Å². The number of ether oxygens (including phenoxy) is 1. The third-order valence-corrected chi connectivity index (χ3v) is 0.778. The first-order valence-electron chi connectivity index (χ1n) is 2.87. The molecule has 0 aromatic heterocycles. The van der Waals surface area contributed by atoms with Crippen LogP contribution in [0.25, 0.3) is 0 Å². The predicted molar refractivity (Wildman–Crippen MR) is 31.3 cm³/mol. The average Bonchev–Trinajstić information content (AvgIpc) is 1.82. The first kappa shape index (κ1) is 9.61. The van der Waals surface area contributed by atoms with Gasteiger partial charge in [0.1, 0.15) is 6.61 Å². The lowest BCUT2D eigenvalue weighted by atomic mass is 10.3. The Morgan fingerprint density at radius 1 is 1.36 bits per heavy atom. The third-order valence-electron chi connectivity index (χ3n) is 0.778. The minimum atomic E-state index is -1.47. The summed E-state index contributed by atoms with van der Waals surface area (Å²) in [4.78, 5) is 30.3. The molecule has 0 spiro atoms. The minimum Gasteiger partial charge on any atom is -0.550 e. The van der Waals surface area contributed by atoms with Crippen LogP contribution in [0.2, 0.25) is 0 Å². The van der Waals surface area contributed by atoms with Gasteiger partial charge in [-0.05, 0) is 0 Å². The lowest BCUT2D eigenvalue weighted by Crippen LogP contribution is -2.27. The molecule has 0 saturated heterocycles. The van der Waals surface area contributed by atoms with E-state index in [1.165, 1.54) is 0 Å². The number of hydrogen-bond donors (Lipinski definition) is 0. The number of aliphatic carboxylic acids is 1. The largest absolute Gasteiger partial charge is 0.550 e. The Bertz CT molecular complexity index is 183. The number of Topliss-reactive ketones (excluding diaryl/α,β-unsaturated/α-hetero) is 1. The van der Waals surface area contributed by atoms with E-state index in [2.05, 4.69) is 4.74 Å². The summed E-state index contributed by atoms with van der Waals surface area (Å²) in [6.45, 7) is 0.635. The normalized spacial score (nSPS) is 8.82. The van der Waals surface area contributed by atoms with Gasteiger partial charge in [0.05, 0.1) is 0 Å². The van der Waals surface area contributed by atoms with E-state index in [1.54, 1.807) is 0 Å². The van der Waals surface area contributed by atoms with Gasteiger partial charge < -0.3 is 14.6 Å². The summed E-state index contributed by atoms with van der Waals surface area (Å²) >= 11 is 0. The SMILES string of the molecule is CC(=O)OCC(=O)CC(=O)[O-]. The van der Waals surface area contributed by atoms with E-state index in [0.29, 0.717) is 0 Å². The molecule has 0 N–H and O–H groups in total. The number of carboxylic acid groups (broad SMARTS) is 1. The highest BCUT2D eigenvalue weighted by atomic mass is 16.5. The molecule has 0 atom stereocenters. The van der Waals surface area contributed by atoms with Crippen LogP contribution < -0.4 is 5.11 Å². The van der Waals surface area contributed by atoms with Gasteiger partial charge in [0.15, 0.2) is 5.78 Å². The van der Waals surface area contributed by atoms with Gasteiger partial charge in [-0.25, -0.2) is 0 Å². The summed E-state index contributed by atoms with van der Waals surface area (Å²) < 4.78 is 4.22. The van der Waals surface area contributed by atoms with Crippen molar-refractivity contribution in [1.29, 1.82) is 0 Å². The summed E-state index contributed by atoms with van der Waals surface area (Å²) in [5.74, 6) is -2.76. The molecule has 11 heavy (non-hydrogen) atoms. The van der Waals surface area contributed by atoms with Crippen molar-refractivity contribution >= 4 is 17.7 Å². The zero-order valence-corrected chi connectivity index (χ0v) is 5.96. The van der Waals surface area contributed by atoms with E-state index < -0.39 is 30.7 Å². The second kappa shape index (κ2) is 4.43. The maximum Gasteiger partial charge on any atom is 0.303 e. The first-order chi connectivity index (χ1) is 5.02. The van der Waals surface area contributed by atoms with Crippen molar-refractivity contribution in [2.24, 2.45) is 0 Å². The van der Waals surface area contributed by atoms with Crippen LogP contribution in [0, 0.1) is 0 Å². The topological polar surface area (TPSA) is 83.5 Å². The molecule has 0 unspecified atom stereocenters. The number of carbonyl (C=O) groups is 3. The third kappa shape index (κ3) is 6.50. The summed E-state index contributed by atoms with van der Waals surface area (Å²) in [6.07, 6.45) is -0.715. The summed E-state index contributed by atoms with van der Waals surface area (Å²) in [6, 6.07) is 0. The molecule has 0 saturated carbocycles. The highest BCUT2D eigenvalue weighted by Crippen LogP contribution is 1.83. The van der Waals surface area contributed by atoms with Crippen LogP contribution in [0.3, 0.4) is 0 Å². The number of ketones is 1. The smallest absolute Gasteiger partial charge is 0.303 e. The highest BCUT2D eigenvalue weighted by molar-refractivity contribution is 5.95. The Hall–Kier alpha value is -1.39. The maximum absolute atomic E-state index is 10.5. The molecule has 0 aromatic carbocycles. The minimum absolute atomic E-state index is 0.497. The van der Waals surface area contributed by atoms with Crippen LogP contribution in [0.5, 0.6) is 0 Å². The Kier molecular flexibility index (Phi) is 3.87.